The first-order valence-corrected chi connectivity index (χ1v) is 14.1. The van der Waals surface area contributed by atoms with Crippen LogP contribution in [-0.4, -0.2) is 75.0 Å². The van der Waals surface area contributed by atoms with E-state index in [1.165, 1.54) is 12.8 Å². The van der Waals surface area contributed by atoms with Crippen molar-refractivity contribution in [1.29, 1.82) is 0 Å². The third-order valence-electron chi connectivity index (χ3n) is 7.24. The fraction of sp³-hybridized carbons (Fsp3) is 0.531. The van der Waals surface area contributed by atoms with Crippen LogP contribution >= 0.6 is 0 Å². The van der Waals surface area contributed by atoms with Gasteiger partial charge in [0.05, 0.1) is 40.2 Å². The SMILES string of the molecule is C.C.CC(C)(C)OC(=O)N1CCC[C@H]1COc1cccc2[nH]ncc12.Cn1ncc2c(OC[C@@H]3CCCN3)cccc21. The lowest BCUT2D eigenvalue weighted by atomic mass is 10.2. The first-order valence-electron chi connectivity index (χ1n) is 14.1. The zero-order valence-corrected chi connectivity index (χ0v) is 23.9. The highest BCUT2D eigenvalue weighted by molar-refractivity contribution is 5.85. The van der Waals surface area contributed by atoms with Crippen LogP contribution in [0.15, 0.2) is 48.8 Å². The number of fused-ring (bicyclic) bond motifs is 2. The van der Waals surface area contributed by atoms with E-state index >= 15 is 0 Å². The van der Waals surface area contributed by atoms with Gasteiger partial charge >= 0.3 is 6.09 Å². The van der Waals surface area contributed by atoms with Crippen LogP contribution in [0.5, 0.6) is 11.5 Å². The van der Waals surface area contributed by atoms with Gasteiger partial charge in [0.2, 0.25) is 0 Å². The van der Waals surface area contributed by atoms with Crippen molar-refractivity contribution in [2.75, 3.05) is 26.3 Å². The lowest BCUT2D eigenvalue weighted by Gasteiger charge is -2.28. The number of carbonyl (C=O) groups excluding carboxylic acids is 1. The number of rotatable bonds is 6. The molecule has 230 valence electrons. The number of nitrogens with zero attached hydrogens (tertiary/aromatic N) is 4. The second-order valence-electron chi connectivity index (χ2n) is 11.4. The van der Waals surface area contributed by atoms with Crippen LogP contribution in [0, 0.1) is 0 Å². The van der Waals surface area contributed by atoms with Crippen molar-refractivity contribution in [1.82, 2.24) is 30.2 Å². The normalized spacial score (nSPS) is 18.1. The summed E-state index contributed by atoms with van der Waals surface area (Å²) in [7, 11) is 1.95. The summed E-state index contributed by atoms with van der Waals surface area (Å²) >= 11 is 0. The number of ether oxygens (including phenoxy) is 3. The summed E-state index contributed by atoms with van der Waals surface area (Å²) in [5.41, 5.74) is 1.58. The molecule has 4 heterocycles. The van der Waals surface area contributed by atoms with E-state index in [1.54, 1.807) is 11.1 Å². The standard InChI is InChI=1S/C17H23N3O3.C13H17N3O.2CH4/c1-17(2,3)23-16(21)20-9-5-6-12(20)11-22-15-8-4-7-14-13(15)10-18-19-14;1-16-12-5-2-6-13(11(12)8-15-16)17-9-10-4-3-7-14-10;;/h4,7-8,10,12H,5-6,9,11H2,1-3H3,(H,18,19);2,5-6,8,10,14H,3-4,7,9H2,1H3;2*1H4/t12-;10-;;/m00../s1. The van der Waals surface area contributed by atoms with Gasteiger partial charge in [-0.1, -0.05) is 27.0 Å². The molecule has 2 N–H and O–H groups in total. The van der Waals surface area contributed by atoms with Crippen LogP contribution in [-0.2, 0) is 11.8 Å². The highest BCUT2D eigenvalue weighted by Crippen LogP contribution is 2.27. The minimum absolute atomic E-state index is 0. The Labute approximate surface area is 249 Å². The Kier molecular flexibility index (Phi) is 11.2. The molecule has 0 saturated carbocycles. The summed E-state index contributed by atoms with van der Waals surface area (Å²) in [6.07, 6.45) is 7.74. The van der Waals surface area contributed by atoms with E-state index in [9.17, 15) is 4.79 Å². The number of aryl methyl sites for hydroxylation is 1. The van der Waals surface area contributed by atoms with Crippen LogP contribution in [0.4, 0.5) is 4.79 Å². The zero-order chi connectivity index (χ0) is 28.1. The molecule has 10 heteroatoms. The molecule has 2 atom stereocenters. The van der Waals surface area contributed by atoms with E-state index in [0.717, 1.165) is 65.8 Å². The highest BCUT2D eigenvalue weighted by atomic mass is 16.6. The van der Waals surface area contributed by atoms with Gasteiger partial charge in [0.1, 0.15) is 30.3 Å². The summed E-state index contributed by atoms with van der Waals surface area (Å²) < 4.78 is 19.2. The number of aromatic nitrogens is 4. The minimum atomic E-state index is -0.479. The average Bonchev–Trinajstić information content (AvgIpc) is 3.73. The van der Waals surface area contributed by atoms with Gasteiger partial charge in [-0.25, -0.2) is 4.79 Å². The van der Waals surface area contributed by atoms with E-state index in [4.69, 9.17) is 14.2 Å². The molecule has 0 unspecified atom stereocenters. The van der Waals surface area contributed by atoms with Gasteiger partial charge in [-0.2, -0.15) is 10.2 Å². The molecule has 0 radical (unpaired) electrons. The van der Waals surface area contributed by atoms with Crippen LogP contribution in [0.25, 0.3) is 21.8 Å². The smallest absolute Gasteiger partial charge is 0.410 e. The first-order chi connectivity index (χ1) is 19.3. The molecule has 6 rings (SSSR count). The van der Waals surface area contributed by atoms with E-state index in [0.29, 0.717) is 12.6 Å². The number of carbonyl (C=O) groups is 1. The van der Waals surface area contributed by atoms with Gasteiger partial charge in [0.15, 0.2) is 0 Å². The largest absolute Gasteiger partial charge is 0.491 e. The second kappa shape index (κ2) is 14.4. The Morgan fingerprint density at radius 3 is 2.45 bits per heavy atom. The molecule has 10 nitrogen and oxygen atoms in total. The Balaban J connectivity index is 0.000000228. The number of amides is 1. The maximum absolute atomic E-state index is 12.3. The number of aromatic amines is 1. The Bertz CT molecular complexity index is 1420. The van der Waals surface area contributed by atoms with Gasteiger partial charge in [-0.3, -0.25) is 9.78 Å². The third-order valence-corrected chi connectivity index (χ3v) is 7.24. The fourth-order valence-electron chi connectivity index (χ4n) is 5.19. The Morgan fingerprint density at radius 1 is 0.976 bits per heavy atom. The Morgan fingerprint density at radius 2 is 1.71 bits per heavy atom. The van der Waals surface area contributed by atoms with Crippen molar-refractivity contribution >= 4 is 27.9 Å². The molecule has 0 aliphatic carbocycles. The lowest BCUT2D eigenvalue weighted by molar-refractivity contribution is 0.0188. The fourth-order valence-corrected chi connectivity index (χ4v) is 5.19. The van der Waals surface area contributed by atoms with Gasteiger partial charge in [0, 0.05) is 19.6 Å². The first kappa shape index (κ1) is 32.7. The molecule has 1 amide bonds. The van der Waals surface area contributed by atoms with Crippen molar-refractivity contribution in [2.24, 2.45) is 7.05 Å². The molecular weight excluding hydrogens is 532 g/mol. The Hall–Kier alpha value is -3.79. The van der Waals surface area contributed by atoms with Gasteiger partial charge < -0.3 is 24.4 Å². The van der Waals surface area contributed by atoms with Gasteiger partial charge in [0.25, 0.3) is 0 Å². The number of H-pyrrole nitrogens is 1. The molecule has 0 spiro atoms. The third kappa shape index (κ3) is 7.94. The molecule has 2 aromatic carbocycles. The van der Waals surface area contributed by atoms with Crippen molar-refractivity contribution < 1.29 is 19.0 Å². The predicted molar refractivity (Wildman–Crippen MR) is 168 cm³/mol. The van der Waals surface area contributed by atoms with E-state index in [-0.39, 0.29) is 27.0 Å². The molecule has 2 aliphatic rings. The average molecular weight is 581 g/mol. The van der Waals surface area contributed by atoms with Crippen molar-refractivity contribution in [3.63, 3.8) is 0 Å². The van der Waals surface area contributed by atoms with Crippen molar-refractivity contribution in [2.45, 2.75) is 79.0 Å². The molecule has 0 bridgehead atoms. The molecule has 2 aromatic heterocycles. The maximum Gasteiger partial charge on any atom is 0.410 e. The lowest BCUT2D eigenvalue weighted by Crippen LogP contribution is -2.42. The van der Waals surface area contributed by atoms with Crippen molar-refractivity contribution in [3.8, 4) is 11.5 Å². The number of benzene rings is 2. The van der Waals surface area contributed by atoms with Crippen LogP contribution in [0.2, 0.25) is 0 Å². The summed E-state index contributed by atoms with van der Waals surface area (Å²) in [5, 5.41) is 16.7. The second-order valence-corrected chi connectivity index (χ2v) is 11.4. The van der Waals surface area contributed by atoms with E-state index in [2.05, 4.69) is 26.7 Å². The quantitative estimate of drug-likeness (QED) is 0.275. The summed E-state index contributed by atoms with van der Waals surface area (Å²) in [4.78, 5) is 14.1. The van der Waals surface area contributed by atoms with E-state index < -0.39 is 5.60 Å². The minimum Gasteiger partial charge on any atom is -0.491 e. The number of hydrogen-bond donors (Lipinski definition) is 2. The van der Waals surface area contributed by atoms with Crippen LogP contribution < -0.4 is 14.8 Å². The molecular formula is C32H48N6O4. The highest BCUT2D eigenvalue weighted by Gasteiger charge is 2.32. The van der Waals surface area contributed by atoms with Gasteiger partial charge in [-0.05, 0) is 77.3 Å². The summed E-state index contributed by atoms with van der Waals surface area (Å²) in [6.45, 7) is 8.69. The number of likely N-dealkylation sites (tertiary alicyclic amines) is 1. The monoisotopic (exact) mass is 580 g/mol. The predicted octanol–water partition coefficient (Wildman–Crippen LogP) is 6.32. The molecule has 4 aromatic rings. The zero-order valence-electron chi connectivity index (χ0n) is 23.9. The summed E-state index contributed by atoms with van der Waals surface area (Å²) in [5.74, 6) is 1.72. The molecule has 42 heavy (non-hydrogen) atoms. The van der Waals surface area contributed by atoms with Crippen LogP contribution in [0.1, 0.15) is 61.3 Å². The van der Waals surface area contributed by atoms with E-state index in [1.807, 2.05) is 69.0 Å². The molecule has 2 fully saturated rings. The number of nitrogens with one attached hydrogen (secondary N) is 2. The molecule has 2 saturated heterocycles. The molecule has 2 aliphatic heterocycles. The summed E-state index contributed by atoms with van der Waals surface area (Å²) in [6, 6.07) is 12.4. The van der Waals surface area contributed by atoms with Crippen molar-refractivity contribution in [3.05, 3.63) is 48.8 Å². The van der Waals surface area contributed by atoms with Crippen LogP contribution in [0.3, 0.4) is 0 Å². The number of hydrogen-bond acceptors (Lipinski definition) is 7. The topological polar surface area (TPSA) is 107 Å². The van der Waals surface area contributed by atoms with Gasteiger partial charge in [-0.15, -0.1) is 0 Å². The maximum atomic E-state index is 12.3.